The molecular formula is C22H22O2S. The van der Waals surface area contributed by atoms with E-state index in [1.807, 2.05) is 66.7 Å². The molecule has 0 heterocycles. The van der Waals surface area contributed by atoms with E-state index in [1.54, 1.807) is 11.8 Å². The summed E-state index contributed by atoms with van der Waals surface area (Å²) >= 11 is 1.67. The number of benzene rings is 3. The van der Waals surface area contributed by atoms with Crippen LogP contribution in [0.1, 0.15) is 16.4 Å². The summed E-state index contributed by atoms with van der Waals surface area (Å²) in [5, 5.41) is 10.7. The number of aliphatic hydroxyl groups excluding tert-OH is 1. The van der Waals surface area contributed by atoms with Gasteiger partial charge in [-0.05, 0) is 23.3 Å². The first-order valence-electron chi connectivity index (χ1n) is 8.39. The summed E-state index contributed by atoms with van der Waals surface area (Å²) in [5.41, 5.74) is 2.22. The van der Waals surface area contributed by atoms with Crippen LogP contribution in [0, 0.1) is 0 Å². The Labute approximate surface area is 153 Å². The third-order valence-corrected chi connectivity index (χ3v) is 5.27. The lowest BCUT2D eigenvalue weighted by molar-refractivity contribution is 0.0274. The molecule has 3 aromatic carbocycles. The fourth-order valence-electron chi connectivity index (χ4n) is 2.62. The second kappa shape index (κ2) is 9.42. The van der Waals surface area contributed by atoms with Gasteiger partial charge in [-0.15, -0.1) is 11.8 Å². The van der Waals surface area contributed by atoms with Crippen LogP contribution in [0.25, 0.3) is 0 Å². The summed E-state index contributed by atoms with van der Waals surface area (Å²) in [7, 11) is 0. The lowest BCUT2D eigenvalue weighted by Crippen LogP contribution is -2.22. The molecule has 0 fully saturated rings. The number of thioether (sulfide) groups is 1. The minimum Gasteiger partial charge on any atom is -0.389 e. The highest BCUT2D eigenvalue weighted by Gasteiger charge is 2.22. The van der Waals surface area contributed by atoms with Gasteiger partial charge >= 0.3 is 0 Å². The van der Waals surface area contributed by atoms with E-state index < -0.39 is 6.10 Å². The van der Waals surface area contributed by atoms with Crippen molar-refractivity contribution in [2.45, 2.75) is 22.9 Å². The predicted molar refractivity (Wildman–Crippen MR) is 104 cm³/mol. The number of rotatable bonds is 8. The van der Waals surface area contributed by atoms with Gasteiger partial charge in [0.25, 0.3) is 0 Å². The maximum absolute atomic E-state index is 10.8. The van der Waals surface area contributed by atoms with E-state index in [4.69, 9.17) is 4.74 Å². The number of aliphatic hydroxyl groups is 1. The molecule has 3 aromatic rings. The van der Waals surface area contributed by atoms with Crippen molar-refractivity contribution < 1.29 is 9.84 Å². The summed E-state index contributed by atoms with van der Waals surface area (Å²) in [4.78, 5) is 1.14. The van der Waals surface area contributed by atoms with Crippen LogP contribution in [0.2, 0.25) is 0 Å². The molecule has 0 spiro atoms. The Morgan fingerprint density at radius 2 is 1.32 bits per heavy atom. The largest absolute Gasteiger partial charge is 0.389 e. The second-order valence-corrected chi connectivity index (χ2v) is 7.05. The normalized spacial score (nSPS) is 13.3. The van der Waals surface area contributed by atoms with E-state index in [9.17, 15) is 5.11 Å². The van der Waals surface area contributed by atoms with Crippen LogP contribution in [0.5, 0.6) is 0 Å². The number of hydrogen-bond acceptors (Lipinski definition) is 3. The van der Waals surface area contributed by atoms with Gasteiger partial charge in [0.05, 0.1) is 24.6 Å². The quantitative estimate of drug-likeness (QED) is 0.573. The van der Waals surface area contributed by atoms with E-state index in [0.29, 0.717) is 13.2 Å². The van der Waals surface area contributed by atoms with Crippen molar-refractivity contribution in [3.63, 3.8) is 0 Å². The summed E-state index contributed by atoms with van der Waals surface area (Å²) in [6, 6.07) is 30.3. The molecule has 0 saturated carbocycles. The molecule has 0 radical (unpaired) electrons. The molecule has 0 aliphatic heterocycles. The van der Waals surface area contributed by atoms with Gasteiger partial charge in [0, 0.05) is 4.90 Å². The van der Waals surface area contributed by atoms with Crippen LogP contribution in [0.4, 0.5) is 0 Å². The average molecular weight is 350 g/mol. The van der Waals surface area contributed by atoms with Gasteiger partial charge in [-0.25, -0.2) is 0 Å². The first-order valence-corrected chi connectivity index (χ1v) is 9.27. The molecule has 0 unspecified atom stereocenters. The van der Waals surface area contributed by atoms with Crippen molar-refractivity contribution >= 4 is 11.8 Å². The smallest absolute Gasteiger partial charge is 0.0936 e. The van der Waals surface area contributed by atoms with Crippen molar-refractivity contribution in [3.05, 3.63) is 102 Å². The van der Waals surface area contributed by atoms with Crippen molar-refractivity contribution in [1.82, 2.24) is 0 Å². The lowest BCUT2D eigenvalue weighted by atomic mass is 10.1. The first-order chi connectivity index (χ1) is 12.3. The molecule has 2 nitrogen and oxygen atoms in total. The Balaban J connectivity index is 1.65. The molecular weight excluding hydrogens is 328 g/mol. The topological polar surface area (TPSA) is 29.5 Å². The maximum Gasteiger partial charge on any atom is 0.0936 e. The van der Waals surface area contributed by atoms with Crippen molar-refractivity contribution in [2.75, 3.05) is 6.61 Å². The van der Waals surface area contributed by atoms with Gasteiger partial charge in [-0.1, -0.05) is 78.9 Å². The summed E-state index contributed by atoms with van der Waals surface area (Å²) < 4.78 is 5.76. The summed E-state index contributed by atoms with van der Waals surface area (Å²) in [5.74, 6) is 0. The van der Waals surface area contributed by atoms with Crippen molar-refractivity contribution in [2.24, 2.45) is 0 Å². The van der Waals surface area contributed by atoms with Crippen molar-refractivity contribution in [3.8, 4) is 0 Å². The van der Waals surface area contributed by atoms with E-state index in [0.717, 1.165) is 16.0 Å². The Bertz CT molecular complexity index is 732. The third kappa shape index (κ3) is 5.46. The zero-order valence-electron chi connectivity index (χ0n) is 14.0. The fraction of sp³-hybridized carbons (Fsp3) is 0.182. The first kappa shape index (κ1) is 17.7. The summed E-state index contributed by atoms with van der Waals surface area (Å²) in [6.07, 6.45) is -0.587. The van der Waals surface area contributed by atoms with Crippen LogP contribution in [0.3, 0.4) is 0 Å². The molecule has 0 aliphatic rings. The SMILES string of the molecule is O[C@@H](COCc1ccccc1)[C@H](Sc1ccccc1)c1ccccc1. The fourth-order valence-corrected chi connectivity index (χ4v) is 3.75. The van der Waals surface area contributed by atoms with E-state index in [2.05, 4.69) is 24.3 Å². The Morgan fingerprint density at radius 1 is 0.760 bits per heavy atom. The van der Waals surface area contributed by atoms with Gasteiger partial charge in [-0.2, -0.15) is 0 Å². The number of ether oxygens (including phenoxy) is 1. The molecule has 0 amide bonds. The highest BCUT2D eigenvalue weighted by Crippen LogP contribution is 2.37. The Hall–Kier alpha value is -2.07. The molecule has 128 valence electrons. The minimum atomic E-state index is -0.587. The van der Waals surface area contributed by atoms with Crippen molar-refractivity contribution in [1.29, 1.82) is 0 Å². The molecule has 2 atom stereocenters. The van der Waals surface area contributed by atoms with Crippen LogP contribution in [-0.2, 0) is 11.3 Å². The molecule has 0 aromatic heterocycles. The standard InChI is InChI=1S/C22H22O2S/c23-21(17-24-16-18-10-4-1-5-11-18)22(19-12-6-2-7-13-19)25-20-14-8-3-9-15-20/h1-15,21-23H,16-17H2/t21-,22+/m0/s1. The van der Waals surface area contributed by atoms with Gasteiger partial charge < -0.3 is 9.84 Å². The molecule has 3 heteroatoms. The third-order valence-electron chi connectivity index (χ3n) is 3.88. The van der Waals surface area contributed by atoms with Crippen LogP contribution >= 0.6 is 11.8 Å². The van der Waals surface area contributed by atoms with Crippen LogP contribution in [-0.4, -0.2) is 17.8 Å². The number of hydrogen-bond donors (Lipinski definition) is 1. The monoisotopic (exact) mass is 350 g/mol. The van der Waals surface area contributed by atoms with Gasteiger partial charge in [0.1, 0.15) is 0 Å². The maximum atomic E-state index is 10.8. The minimum absolute atomic E-state index is 0.0700. The van der Waals surface area contributed by atoms with E-state index >= 15 is 0 Å². The molecule has 1 N–H and O–H groups in total. The zero-order valence-corrected chi connectivity index (χ0v) is 14.8. The Morgan fingerprint density at radius 3 is 1.96 bits per heavy atom. The van der Waals surface area contributed by atoms with Crippen LogP contribution < -0.4 is 0 Å². The van der Waals surface area contributed by atoms with Gasteiger partial charge in [0.15, 0.2) is 0 Å². The molecule has 0 aliphatic carbocycles. The van der Waals surface area contributed by atoms with Crippen LogP contribution in [0.15, 0.2) is 95.9 Å². The highest BCUT2D eigenvalue weighted by atomic mass is 32.2. The summed E-state index contributed by atoms with van der Waals surface area (Å²) in [6.45, 7) is 0.809. The second-order valence-electron chi connectivity index (χ2n) is 5.83. The average Bonchev–Trinajstić information content (AvgIpc) is 2.68. The van der Waals surface area contributed by atoms with E-state index in [1.165, 1.54) is 0 Å². The van der Waals surface area contributed by atoms with Gasteiger partial charge in [0.2, 0.25) is 0 Å². The van der Waals surface area contributed by atoms with E-state index in [-0.39, 0.29) is 5.25 Å². The molecule has 0 bridgehead atoms. The predicted octanol–water partition coefficient (Wildman–Crippen LogP) is 5.10. The molecule has 0 saturated heterocycles. The van der Waals surface area contributed by atoms with Gasteiger partial charge in [-0.3, -0.25) is 0 Å². The molecule has 3 rings (SSSR count). The zero-order chi connectivity index (χ0) is 17.3. The molecule has 25 heavy (non-hydrogen) atoms. The lowest BCUT2D eigenvalue weighted by Gasteiger charge is -2.23. The highest BCUT2D eigenvalue weighted by molar-refractivity contribution is 7.99. The Kier molecular flexibility index (Phi) is 6.69.